The number of rotatable bonds is 8. The number of fused-ring (bicyclic) bond motifs is 1. The molecule has 0 fully saturated rings. The Morgan fingerprint density at radius 2 is 2.00 bits per heavy atom. The zero-order valence-electron chi connectivity index (χ0n) is 13.0. The molecule has 7 heteroatoms. The summed E-state index contributed by atoms with van der Waals surface area (Å²) in [5, 5.41) is 11.6. The smallest absolute Gasteiger partial charge is 0.326 e. The van der Waals surface area contributed by atoms with Gasteiger partial charge in [-0.3, -0.25) is 4.79 Å². The van der Waals surface area contributed by atoms with E-state index < -0.39 is 12.0 Å². The van der Waals surface area contributed by atoms with Crippen LogP contribution in [0.3, 0.4) is 0 Å². The fourth-order valence-corrected chi connectivity index (χ4v) is 2.50. The third-order valence-corrected chi connectivity index (χ3v) is 3.66. The van der Waals surface area contributed by atoms with Gasteiger partial charge in [0.1, 0.15) is 6.04 Å². The minimum atomic E-state index is -0.998. The molecular formula is C16H21N3O4. The number of hydrogen-bond acceptors (Lipinski definition) is 3. The Balaban J connectivity index is 1.84. The van der Waals surface area contributed by atoms with E-state index in [1.165, 1.54) is 0 Å². The van der Waals surface area contributed by atoms with Gasteiger partial charge in [0.2, 0.25) is 5.91 Å². The normalized spacial score (nSPS) is 12.2. The van der Waals surface area contributed by atoms with Gasteiger partial charge >= 0.3 is 11.7 Å². The van der Waals surface area contributed by atoms with Crippen LogP contribution in [-0.2, 0) is 16.0 Å². The molecule has 7 nitrogen and oxygen atoms in total. The van der Waals surface area contributed by atoms with Crippen LogP contribution in [0.1, 0.15) is 38.2 Å². The van der Waals surface area contributed by atoms with Gasteiger partial charge in [0.15, 0.2) is 0 Å². The molecule has 0 aliphatic carbocycles. The first-order chi connectivity index (χ1) is 11.0. The van der Waals surface area contributed by atoms with Crippen molar-refractivity contribution >= 4 is 22.9 Å². The number of carboxylic acid groups (broad SMARTS) is 1. The van der Waals surface area contributed by atoms with Gasteiger partial charge in [-0.1, -0.05) is 19.4 Å². The molecule has 0 bridgehead atoms. The monoisotopic (exact) mass is 319 g/mol. The first-order valence-corrected chi connectivity index (χ1v) is 7.72. The highest BCUT2D eigenvalue weighted by atomic mass is 16.4. The highest BCUT2D eigenvalue weighted by Crippen LogP contribution is 2.12. The van der Waals surface area contributed by atoms with Crippen LogP contribution in [0.4, 0.5) is 0 Å². The highest BCUT2D eigenvalue weighted by molar-refractivity contribution is 5.83. The molecule has 0 aliphatic heterocycles. The topological polar surface area (TPSA) is 115 Å². The van der Waals surface area contributed by atoms with Gasteiger partial charge < -0.3 is 20.4 Å². The maximum absolute atomic E-state index is 11.8. The number of nitrogens with one attached hydrogen (secondary N) is 3. The second kappa shape index (κ2) is 7.62. The molecule has 1 aromatic heterocycles. The van der Waals surface area contributed by atoms with E-state index in [-0.39, 0.29) is 18.0 Å². The van der Waals surface area contributed by atoms with Crippen LogP contribution in [0.5, 0.6) is 0 Å². The summed E-state index contributed by atoms with van der Waals surface area (Å²) in [6.45, 7) is 1.88. The molecule has 1 amide bonds. The summed E-state index contributed by atoms with van der Waals surface area (Å²) in [6, 6.07) is 4.79. The van der Waals surface area contributed by atoms with E-state index in [9.17, 15) is 14.4 Å². The van der Waals surface area contributed by atoms with Gasteiger partial charge in [0.05, 0.1) is 11.0 Å². The summed E-state index contributed by atoms with van der Waals surface area (Å²) in [4.78, 5) is 39.4. The summed E-state index contributed by atoms with van der Waals surface area (Å²) < 4.78 is 0. The van der Waals surface area contributed by atoms with Crippen LogP contribution in [0, 0.1) is 0 Å². The van der Waals surface area contributed by atoms with Gasteiger partial charge in [0.25, 0.3) is 0 Å². The number of aliphatic carboxylic acids is 1. The van der Waals surface area contributed by atoms with Crippen molar-refractivity contribution in [2.75, 3.05) is 0 Å². The zero-order valence-corrected chi connectivity index (χ0v) is 13.0. The van der Waals surface area contributed by atoms with Crippen molar-refractivity contribution in [2.45, 2.75) is 45.1 Å². The number of hydrogen-bond donors (Lipinski definition) is 4. The van der Waals surface area contributed by atoms with E-state index >= 15 is 0 Å². The molecule has 1 heterocycles. The average Bonchev–Trinajstić information content (AvgIpc) is 2.86. The lowest BCUT2D eigenvalue weighted by Crippen LogP contribution is -2.40. The number of aromatic nitrogens is 2. The molecular weight excluding hydrogens is 298 g/mol. The van der Waals surface area contributed by atoms with Crippen LogP contribution in [0.15, 0.2) is 23.0 Å². The second-order valence-electron chi connectivity index (χ2n) is 5.56. The third-order valence-electron chi connectivity index (χ3n) is 3.66. The second-order valence-corrected chi connectivity index (χ2v) is 5.56. The molecule has 2 rings (SSSR count). The Labute approximate surface area is 133 Å². The van der Waals surface area contributed by atoms with Crippen molar-refractivity contribution in [1.29, 1.82) is 0 Å². The van der Waals surface area contributed by atoms with Crippen molar-refractivity contribution in [3.63, 3.8) is 0 Å². The average molecular weight is 319 g/mol. The van der Waals surface area contributed by atoms with Crippen LogP contribution in [0.2, 0.25) is 0 Å². The number of amides is 1. The number of benzene rings is 1. The number of carbonyl (C=O) groups is 2. The predicted octanol–water partition coefficient (Wildman–Crippen LogP) is 1.55. The Bertz CT molecular complexity index is 747. The van der Waals surface area contributed by atoms with Crippen molar-refractivity contribution in [2.24, 2.45) is 0 Å². The Morgan fingerprint density at radius 3 is 2.70 bits per heavy atom. The summed E-state index contributed by atoms with van der Waals surface area (Å²) in [7, 11) is 0. The standard InChI is InChI=1S/C16H21N3O4/c1-2-4-12(15(21)22)17-14(20)6-3-5-10-7-8-11-13(9-10)19-16(23)18-11/h7-9,12H,2-6H2,1H3,(H,17,20)(H,21,22)(H2,18,19,23). The molecule has 0 aliphatic rings. The van der Waals surface area contributed by atoms with Gasteiger partial charge in [-0.2, -0.15) is 0 Å². The van der Waals surface area contributed by atoms with Crippen LogP contribution >= 0.6 is 0 Å². The number of aryl methyl sites for hydroxylation is 1. The first-order valence-electron chi connectivity index (χ1n) is 7.72. The molecule has 23 heavy (non-hydrogen) atoms. The van der Waals surface area contributed by atoms with Gasteiger partial charge in [-0.25, -0.2) is 9.59 Å². The fourth-order valence-electron chi connectivity index (χ4n) is 2.50. The summed E-state index contributed by atoms with van der Waals surface area (Å²) >= 11 is 0. The Hall–Kier alpha value is -2.57. The third kappa shape index (κ3) is 4.70. The molecule has 0 radical (unpaired) electrons. The molecule has 1 aromatic carbocycles. The first kappa shape index (κ1) is 16.8. The fraction of sp³-hybridized carbons (Fsp3) is 0.438. The van der Waals surface area contributed by atoms with Crippen molar-refractivity contribution in [1.82, 2.24) is 15.3 Å². The number of carbonyl (C=O) groups excluding carboxylic acids is 1. The van der Waals surface area contributed by atoms with Crippen LogP contribution in [0.25, 0.3) is 11.0 Å². The largest absolute Gasteiger partial charge is 0.480 e. The minimum absolute atomic E-state index is 0.243. The molecule has 0 spiro atoms. The van der Waals surface area contributed by atoms with E-state index in [0.717, 1.165) is 16.6 Å². The lowest BCUT2D eigenvalue weighted by Gasteiger charge is -2.13. The minimum Gasteiger partial charge on any atom is -0.480 e. The van der Waals surface area contributed by atoms with Crippen molar-refractivity contribution in [3.05, 3.63) is 34.2 Å². The number of H-pyrrole nitrogens is 2. The molecule has 0 saturated carbocycles. The Morgan fingerprint density at radius 1 is 1.26 bits per heavy atom. The molecule has 124 valence electrons. The number of aromatic amines is 2. The van der Waals surface area contributed by atoms with Crippen LogP contribution in [-0.4, -0.2) is 33.0 Å². The molecule has 1 atom stereocenters. The SMILES string of the molecule is CCCC(NC(=O)CCCc1ccc2[nH]c(=O)[nH]c2c1)C(=O)O. The van der Waals surface area contributed by atoms with Gasteiger partial charge in [-0.15, -0.1) is 0 Å². The van der Waals surface area contributed by atoms with Gasteiger partial charge in [0, 0.05) is 6.42 Å². The van der Waals surface area contributed by atoms with Crippen molar-refractivity contribution < 1.29 is 14.7 Å². The molecule has 2 aromatic rings. The van der Waals surface area contributed by atoms with E-state index in [1.807, 2.05) is 25.1 Å². The highest BCUT2D eigenvalue weighted by Gasteiger charge is 2.18. The summed E-state index contributed by atoms with van der Waals surface area (Å²) in [6.07, 6.45) is 2.70. The lowest BCUT2D eigenvalue weighted by atomic mass is 10.1. The van der Waals surface area contributed by atoms with Crippen molar-refractivity contribution in [3.8, 4) is 0 Å². The molecule has 4 N–H and O–H groups in total. The van der Waals surface area contributed by atoms with E-state index in [2.05, 4.69) is 15.3 Å². The molecule has 0 saturated heterocycles. The maximum atomic E-state index is 11.8. The lowest BCUT2D eigenvalue weighted by molar-refractivity contribution is -0.142. The zero-order chi connectivity index (χ0) is 16.8. The van der Waals surface area contributed by atoms with Crippen LogP contribution < -0.4 is 11.0 Å². The predicted molar refractivity (Wildman–Crippen MR) is 86.3 cm³/mol. The van der Waals surface area contributed by atoms with E-state index in [1.54, 1.807) is 0 Å². The van der Waals surface area contributed by atoms with E-state index in [4.69, 9.17) is 5.11 Å². The number of imidazole rings is 1. The summed E-state index contributed by atoms with van der Waals surface area (Å²) in [5.74, 6) is -1.25. The maximum Gasteiger partial charge on any atom is 0.326 e. The number of carboxylic acids is 1. The Kier molecular flexibility index (Phi) is 5.56. The van der Waals surface area contributed by atoms with E-state index in [0.29, 0.717) is 25.7 Å². The quantitative estimate of drug-likeness (QED) is 0.591. The summed E-state index contributed by atoms with van der Waals surface area (Å²) in [5.41, 5.74) is 2.27. The van der Waals surface area contributed by atoms with Gasteiger partial charge in [-0.05, 0) is 37.0 Å². The molecule has 1 unspecified atom stereocenters.